The Morgan fingerprint density at radius 1 is 1.26 bits per heavy atom. The summed E-state index contributed by atoms with van der Waals surface area (Å²) in [6, 6.07) is 6.61. The van der Waals surface area contributed by atoms with Gasteiger partial charge < -0.3 is 10.2 Å². The summed E-state index contributed by atoms with van der Waals surface area (Å²) in [4.78, 5) is 25.8. The van der Waals surface area contributed by atoms with Crippen molar-refractivity contribution in [3.8, 4) is 0 Å². The molecule has 4 nitrogen and oxygen atoms in total. The minimum absolute atomic E-state index is 0.0644. The van der Waals surface area contributed by atoms with Crippen LogP contribution >= 0.6 is 15.9 Å². The zero-order valence-electron chi connectivity index (χ0n) is 11.4. The molecule has 2 amide bonds. The van der Waals surface area contributed by atoms with Crippen molar-refractivity contribution in [2.24, 2.45) is 0 Å². The summed E-state index contributed by atoms with van der Waals surface area (Å²) >= 11 is 3.32. The van der Waals surface area contributed by atoms with Gasteiger partial charge in [-0.15, -0.1) is 0 Å². The van der Waals surface area contributed by atoms with Crippen molar-refractivity contribution >= 4 is 27.7 Å². The number of halogens is 1. The predicted molar refractivity (Wildman–Crippen MR) is 79.0 cm³/mol. The third kappa shape index (κ3) is 4.06. The lowest BCUT2D eigenvalue weighted by atomic mass is 10.2. The molecule has 0 bridgehead atoms. The van der Waals surface area contributed by atoms with Gasteiger partial charge in [0.25, 0.3) is 5.91 Å². The van der Waals surface area contributed by atoms with E-state index in [0.717, 1.165) is 4.47 Å². The van der Waals surface area contributed by atoms with Gasteiger partial charge in [0.1, 0.15) is 6.04 Å². The van der Waals surface area contributed by atoms with Gasteiger partial charge in [-0.3, -0.25) is 9.59 Å². The van der Waals surface area contributed by atoms with E-state index in [-0.39, 0.29) is 11.8 Å². The maximum Gasteiger partial charge on any atom is 0.253 e. The molecule has 1 N–H and O–H groups in total. The Bertz CT molecular complexity index is 459. The molecule has 0 fully saturated rings. The number of hydrogen-bond acceptors (Lipinski definition) is 2. The maximum atomic E-state index is 12.1. The van der Waals surface area contributed by atoms with Gasteiger partial charge in [-0.2, -0.15) is 0 Å². The first-order valence-electron chi connectivity index (χ1n) is 6.35. The summed E-state index contributed by atoms with van der Waals surface area (Å²) in [6.45, 7) is 6.83. The number of carbonyl (C=O) groups excluding carboxylic acids is 2. The molecule has 0 saturated heterocycles. The summed E-state index contributed by atoms with van der Waals surface area (Å²) in [6.07, 6.45) is 0. The first kappa shape index (κ1) is 15.7. The fourth-order valence-corrected chi connectivity index (χ4v) is 2.26. The van der Waals surface area contributed by atoms with Crippen LogP contribution in [0, 0.1) is 0 Å². The van der Waals surface area contributed by atoms with Crippen LogP contribution in [-0.2, 0) is 4.79 Å². The molecular weight excluding hydrogens is 308 g/mol. The molecule has 1 rings (SSSR count). The van der Waals surface area contributed by atoms with Gasteiger partial charge in [0.05, 0.1) is 5.56 Å². The molecule has 0 saturated carbocycles. The van der Waals surface area contributed by atoms with E-state index < -0.39 is 6.04 Å². The SMILES string of the molecule is CCN(CC)C(=O)C(C)NC(=O)c1ccccc1Br. The van der Waals surface area contributed by atoms with E-state index in [2.05, 4.69) is 21.2 Å². The van der Waals surface area contributed by atoms with Crippen molar-refractivity contribution in [2.75, 3.05) is 13.1 Å². The van der Waals surface area contributed by atoms with Crippen molar-refractivity contribution in [1.29, 1.82) is 0 Å². The number of amides is 2. The summed E-state index contributed by atoms with van der Waals surface area (Å²) in [5.41, 5.74) is 0.529. The van der Waals surface area contributed by atoms with E-state index in [1.807, 2.05) is 19.9 Å². The minimum atomic E-state index is -0.528. The highest BCUT2D eigenvalue weighted by Crippen LogP contribution is 2.15. The van der Waals surface area contributed by atoms with E-state index in [9.17, 15) is 9.59 Å². The molecule has 104 valence electrons. The topological polar surface area (TPSA) is 49.4 Å². The molecule has 1 aromatic carbocycles. The van der Waals surface area contributed by atoms with E-state index in [4.69, 9.17) is 0 Å². The van der Waals surface area contributed by atoms with Gasteiger partial charge in [0.2, 0.25) is 5.91 Å². The lowest BCUT2D eigenvalue weighted by molar-refractivity contribution is -0.132. The van der Waals surface area contributed by atoms with Crippen molar-refractivity contribution < 1.29 is 9.59 Å². The molecule has 0 heterocycles. The van der Waals surface area contributed by atoms with Crippen molar-refractivity contribution in [2.45, 2.75) is 26.8 Å². The number of carbonyl (C=O) groups is 2. The first-order valence-corrected chi connectivity index (χ1v) is 7.14. The van der Waals surface area contributed by atoms with Gasteiger partial charge in [-0.25, -0.2) is 0 Å². The van der Waals surface area contributed by atoms with Crippen LogP contribution in [0.25, 0.3) is 0 Å². The van der Waals surface area contributed by atoms with Crippen molar-refractivity contribution in [1.82, 2.24) is 10.2 Å². The molecule has 0 aliphatic carbocycles. The fourth-order valence-electron chi connectivity index (χ4n) is 1.79. The van der Waals surface area contributed by atoms with Crippen molar-refractivity contribution in [3.05, 3.63) is 34.3 Å². The Hall–Kier alpha value is -1.36. The predicted octanol–water partition coefficient (Wildman–Crippen LogP) is 2.44. The highest BCUT2D eigenvalue weighted by Gasteiger charge is 2.21. The van der Waals surface area contributed by atoms with Crippen LogP contribution in [-0.4, -0.2) is 35.8 Å². The van der Waals surface area contributed by atoms with Gasteiger partial charge in [0.15, 0.2) is 0 Å². The molecule has 0 aliphatic heterocycles. The Morgan fingerprint density at radius 3 is 2.37 bits per heavy atom. The van der Waals surface area contributed by atoms with Gasteiger partial charge in [-0.1, -0.05) is 12.1 Å². The summed E-state index contributed by atoms with van der Waals surface area (Å²) < 4.78 is 0.718. The number of nitrogens with one attached hydrogen (secondary N) is 1. The first-order chi connectivity index (χ1) is 9.01. The third-order valence-corrected chi connectivity index (χ3v) is 3.60. The van der Waals surface area contributed by atoms with Crippen LogP contribution in [0.4, 0.5) is 0 Å². The highest BCUT2D eigenvalue weighted by molar-refractivity contribution is 9.10. The van der Waals surface area contributed by atoms with Crippen LogP contribution in [0.15, 0.2) is 28.7 Å². The van der Waals surface area contributed by atoms with Crippen LogP contribution in [0.1, 0.15) is 31.1 Å². The molecule has 0 aliphatic rings. The number of nitrogens with zero attached hydrogens (tertiary/aromatic N) is 1. The average Bonchev–Trinajstić information content (AvgIpc) is 2.40. The van der Waals surface area contributed by atoms with Crippen LogP contribution < -0.4 is 5.32 Å². The number of likely N-dealkylation sites (N-methyl/N-ethyl adjacent to an activating group) is 1. The van der Waals surface area contributed by atoms with Crippen LogP contribution in [0.2, 0.25) is 0 Å². The van der Waals surface area contributed by atoms with E-state index >= 15 is 0 Å². The zero-order chi connectivity index (χ0) is 14.4. The smallest absolute Gasteiger partial charge is 0.253 e. The lowest BCUT2D eigenvalue weighted by Crippen LogP contribution is -2.46. The molecule has 1 aromatic rings. The molecule has 5 heteroatoms. The average molecular weight is 327 g/mol. The Labute approximate surface area is 122 Å². The quantitative estimate of drug-likeness (QED) is 0.903. The Kier molecular flexibility index (Phi) is 6.02. The zero-order valence-corrected chi connectivity index (χ0v) is 13.0. The minimum Gasteiger partial charge on any atom is -0.341 e. The lowest BCUT2D eigenvalue weighted by Gasteiger charge is -2.23. The summed E-state index contributed by atoms with van der Waals surface area (Å²) in [5.74, 6) is -0.314. The second-order valence-electron chi connectivity index (χ2n) is 4.19. The van der Waals surface area contributed by atoms with Gasteiger partial charge in [0, 0.05) is 17.6 Å². The number of benzene rings is 1. The standard InChI is InChI=1S/C14H19BrN2O2/c1-4-17(5-2)14(19)10(3)16-13(18)11-8-6-7-9-12(11)15/h6-10H,4-5H2,1-3H3,(H,16,18). The van der Waals surface area contributed by atoms with E-state index in [1.165, 1.54) is 0 Å². The van der Waals surface area contributed by atoms with Gasteiger partial charge >= 0.3 is 0 Å². The summed E-state index contributed by atoms with van der Waals surface area (Å²) in [7, 11) is 0. The number of hydrogen-bond donors (Lipinski definition) is 1. The molecule has 0 aromatic heterocycles. The molecule has 1 unspecified atom stereocenters. The van der Waals surface area contributed by atoms with Gasteiger partial charge in [-0.05, 0) is 48.8 Å². The van der Waals surface area contributed by atoms with Crippen LogP contribution in [0.3, 0.4) is 0 Å². The largest absolute Gasteiger partial charge is 0.341 e. The Morgan fingerprint density at radius 2 is 1.84 bits per heavy atom. The van der Waals surface area contributed by atoms with E-state index in [0.29, 0.717) is 18.7 Å². The molecule has 19 heavy (non-hydrogen) atoms. The second-order valence-corrected chi connectivity index (χ2v) is 5.04. The second kappa shape index (κ2) is 7.28. The molecule has 0 radical (unpaired) electrons. The monoisotopic (exact) mass is 326 g/mol. The molecule has 0 spiro atoms. The Balaban J connectivity index is 2.72. The third-order valence-electron chi connectivity index (χ3n) is 2.91. The highest BCUT2D eigenvalue weighted by atomic mass is 79.9. The molecule has 1 atom stereocenters. The van der Waals surface area contributed by atoms with Crippen molar-refractivity contribution in [3.63, 3.8) is 0 Å². The maximum absolute atomic E-state index is 12.1. The fraction of sp³-hybridized carbons (Fsp3) is 0.429. The summed E-state index contributed by atoms with van der Waals surface area (Å²) in [5, 5.41) is 2.73. The van der Waals surface area contributed by atoms with E-state index in [1.54, 1.807) is 30.0 Å². The molecular formula is C14H19BrN2O2. The normalized spacial score (nSPS) is 11.8. The van der Waals surface area contributed by atoms with Crippen LogP contribution in [0.5, 0.6) is 0 Å². The number of rotatable bonds is 5.